The molecule has 0 radical (unpaired) electrons. The average molecular weight is 617 g/mol. The van der Waals surface area contributed by atoms with Crippen molar-refractivity contribution in [1.29, 1.82) is 0 Å². The van der Waals surface area contributed by atoms with Gasteiger partial charge in [-0.3, -0.25) is 4.79 Å². The molecule has 0 aromatic heterocycles. The Bertz CT molecular complexity index is 1410. The highest BCUT2D eigenvalue weighted by Crippen LogP contribution is 2.41. The Morgan fingerprint density at radius 3 is 2.71 bits per heavy atom. The Balaban J connectivity index is 1.53. The second-order valence-corrected chi connectivity index (χ2v) is 14.4. The molecule has 228 valence electrons. The van der Waals surface area contributed by atoms with Crippen LogP contribution in [0.3, 0.4) is 0 Å². The van der Waals surface area contributed by atoms with E-state index in [2.05, 4.69) is 9.62 Å². The van der Waals surface area contributed by atoms with Crippen molar-refractivity contribution >= 4 is 33.2 Å². The zero-order valence-electron chi connectivity index (χ0n) is 24.0. The van der Waals surface area contributed by atoms with E-state index in [9.17, 15) is 23.4 Å². The summed E-state index contributed by atoms with van der Waals surface area (Å²) in [6.45, 7) is 3.30. The minimum Gasteiger partial charge on any atom is -0.487 e. The second-order valence-electron chi connectivity index (χ2n) is 12.0. The van der Waals surface area contributed by atoms with E-state index < -0.39 is 33.4 Å². The highest BCUT2D eigenvalue weighted by Gasteiger charge is 2.37. The number of anilines is 1. The Kier molecular flexibility index (Phi) is 9.82. The first-order chi connectivity index (χ1) is 20.1. The van der Waals surface area contributed by atoms with Crippen molar-refractivity contribution < 1.29 is 28.2 Å². The van der Waals surface area contributed by atoms with Gasteiger partial charge in [0, 0.05) is 23.7 Å². The first kappa shape index (κ1) is 30.9. The third kappa shape index (κ3) is 7.30. The second kappa shape index (κ2) is 13.4. The summed E-state index contributed by atoms with van der Waals surface area (Å²) in [6.07, 6.45) is 7.42. The molecule has 1 aliphatic carbocycles. The monoisotopic (exact) mass is 616 g/mol. The zero-order chi connectivity index (χ0) is 29.9. The molecule has 42 heavy (non-hydrogen) atoms. The lowest BCUT2D eigenvalue weighted by atomic mass is 9.70. The number of nitrogens with zero attached hydrogens (tertiary/aromatic N) is 1. The molecule has 0 spiro atoms. The molecule has 1 saturated carbocycles. The predicted octanol–water partition coefficient (Wildman–Crippen LogP) is 5.00. The van der Waals surface area contributed by atoms with E-state index >= 15 is 0 Å². The van der Waals surface area contributed by atoms with Crippen molar-refractivity contribution in [2.75, 3.05) is 18.0 Å². The van der Waals surface area contributed by atoms with Crippen molar-refractivity contribution in [3.63, 3.8) is 0 Å². The number of rotatable bonds is 2. The number of halogens is 1. The van der Waals surface area contributed by atoms with E-state index in [1.54, 1.807) is 24.3 Å². The quantitative estimate of drug-likeness (QED) is 0.407. The molecule has 3 aliphatic rings. The minimum atomic E-state index is -4.08. The van der Waals surface area contributed by atoms with Crippen LogP contribution < -0.4 is 14.4 Å². The molecule has 0 saturated heterocycles. The van der Waals surface area contributed by atoms with Crippen molar-refractivity contribution in [2.24, 2.45) is 11.8 Å². The number of ether oxygens (including phenoxy) is 1. The number of aryl methyl sites for hydroxylation is 1. The Morgan fingerprint density at radius 1 is 1.12 bits per heavy atom. The minimum absolute atomic E-state index is 0.00218. The fourth-order valence-corrected chi connectivity index (χ4v) is 8.06. The highest BCUT2D eigenvalue weighted by molar-refractivity contribution is 7.90. The number of benzene rings is 2. The van der Waals surface area contributed by atoms with E-state index in [0.717, 1.165) is 55.5 Å². The molecule has 8 nitrogen and oxygen atoms in total. The number of hydrogen-bond acceptors (Lipinski definition) is 7. The van der Waals surface area contributed by atoms with Crippen LogP contribution in [-0.2, 0) is 23.1 Å². The molecule has 3 N–H and O–H groups in total. The topological polar surface area (TPSA) is 116 Å². The largest absolute Gasteiger partial charge is 0.487 e. The number of carbonyl (C=O) groups is 1. The molecule has 5 rings (SSSR count). The van der Waals surface area contributed by atoms with E-state index in [1.807, 2.05) is 24.3 Å². The summed E-state index contributed by atoms with van der Waals surface area (Å²) in [6, 6.07) is 10.9. The van der Waals surface area contributed by atoms with Gasteiger partial charge in [-0.15, -0.1) is 0 Å². The third-order valence-corrected chi connectivity index (χ3v) is 10.9. The van der Waals surface area contributed by atoms with Crippen LogP contribution in [0.5, 0.6) is 5.75 Å². The van der Waals surface area contributed by atoms with E-state index in [0.29, 0.717) is 30.3 Å². The van der Waals surface area contributed by atoms with Crippen LogP contribution in [-0.4, -0.2) is 55.1 Å². The number of hydrogen-bond donors (Lipinski definition) is 3. The van der Waals surface area contributed by atoms with Crippen LogP contribution in [0.2, 0.25) is 5.02 Å². The smallest absolute Gasteiger partial charge is 0.264 e. The molecule has 2 aromatic carbocycles. The highest BCUT2D eigenvalue weighted by atomic mass is 35.5. The number of aliphatic hydroxyl groups excluding tert-OH is 2. The number of sulfonamides is 1. The summed E-state index contributed by atoms with van der Waals surface area (Å²) < 4.78 is 35.2. The standard InChI is InChI=1S/C32H41ClN2O6S/c1-21(36)16-27-7-2-3-8-30(37)28-13-10-24(28)19-35-15-5-4-6-22-17-26(33)12-9-25(22)20-41-31-14-11-23(18-29(31)35)32(38)34-42(27,39)40/h3,8-9,11-12,14,17-18,21,24,27-28,30,36-37H,2,4-7,10,13,15-16,19-20H2,1H3,(H,34,38)/b8-3+/t21-,24+,27+,28-,30?/m1/s1. The molecular formula is C32H41ClN2O6S. The Morgan fingerprint density at radius 2 is 1.95 bits per heavy atom. The number of fused-ring (bicyclic) bond motifs is 3. The molecule has 2 aromatic rings. The van der Waals surface area contributed by atoms with Gasteiger partial charge in [0.15, 0.2) is 0 Å². The van der Waals surface area contributed by atoms with Crippen LogP contribution in [0.1, 0.15) is 73.4 Å². The summed E-state index contributed by atoms with van der Waals surface area (Å²) in [4.78, 5) is 15.6. The normalized spacial score (nSPS) is 28.0. The van der Waals surface area contributed by atoms with Gasteiger partial charge in [-0.25, -0.2) is 13.1 Å². The lowest BCUT2D eigenvalue weighted by molar-refractivity contribution is 0.0461. The maximum atomic E-state index is 13.4. The Labute approximate surface area is 253 Å². The number of aliphatic hydroxyl groups is 2. The van der Waals surface area contributed by atoms with Crippen LogP contribution in [0, 0.1) is 11.8 Å². The predicted molar refractivity (Wildman–Crippen MR) is 164 cm³/mol. The van der Waals surface area contributed by atoms with Crippen LogP contribution >= 0.6 is 11.6 Å². The van der Waals surface area contributed by atoms with Gasteiger partial charge in [-0.1, -0.05) is 29.8 Å². The third-order valence-electron chi connectivity index (χ3n) is 8.87. The van der Waals surface area contributed by atoms with E-state index in [4.69, 9.17) is 16.3 Å². The lowest BCUT2D eigenvalue weighted by Crippen LogP contribution is -2.43. The number of nitrogens with one attached hydrogen (secondary N) is 1. The fraction of sp³-hybridized carbons (Fsp3) is 0.531. The lowest BCUT2D eigenvalue weighted by Gasteiger charge is -2.42. The summed E-state index contributed by atoms with van der Waals surface area (Å²) in [7, 11) is -4.08. The average Bonchev–Trinajstić information content (AvgIpc) is 2.95. The van der Waals surface area contributed by atoms with Crippen molar-refractivity contribution in [2.45, 2.75) is 82.4 Å². The molecule has 5 atom stereocenters. The summed E-state index contributed by atoms with van der Waals surface area (Å²) >= 11 is 6.30. The number of carbonyl (C=O) groups excluding carboxylic acids is 1. The van der Waals surface area contributed by atoms with Crippen LogP contribution in [0.4, 0.5) is 5.69 Å². The molecular weight excluding hydrogens is 576 g/mol. The van der Waals surface area contributed by atoms with Gasteiger partial charge in [-0.05, 0) is 112 Å². The molecule has 10 heteroatoms. The van der Waals surface area contributed by atoms with Gasteiger partial charge in [0.25, 0.3) is 5.91 Å². The Hall–Kier alpha value is -2.59. The van der Waals surface area contributed by atoms with Crippen LogP contribution in [0.15, 0.2) is 48.6 Å². The molecule has 2 aliphatic heterocycles. The van der Waals surface area contributed by atoms with Gasteiger partial charge in [-0.2, -0.15) is 0 Å². The SMILES string of the molecule is C[C@@H](O)C[C@@H]1CC/C=C/C(O)[C@@H]2CC[C@H]2CN2CCCCc3cc(Cl)ccc3COc3ccc(cc32)C(=O)NS1(=O)=O. The summed E-state index contributed by atoms with van der Waals surface area (Å²) in [5.74, 6) is 0.280. The van der Waals surface area contributed by atoms with Gasteiger partial charge in [0.2, 0.25) is 10.0 Å². The summed E-state index contributed by atoms with van der Waals surface area (Å²) in [5, 5.41) is 20.7. The fourth-order valence-electron chi connectivity index (χ4n) is 6.35. The van der Waals surface area contributed by atoms with Crippen molar-refractivity contribution in [3.05, 3.63) is 70.3 Å². The molecule has 2 heterocycles. The maximum absolute atomic E-state index is 13.4. The first-order valence-corrected chi connectivity index (χ1v) is 16.9. The van der Waals surface area contributed by atoms with Gasteiger partial charge in [0.05, 0.1) is 23.1 Å². The van der Waals surface area contributed by atoms with Gasteiger partial charge < -0.3 is 19.8 Å². The zero-order valence-corrected chi connectivity index (χ0v) is 25.6. The van der Waals surface area contributed by atoms with Gasteiger partial charge >= 0.3 is 0 Å². The molecule has 2 bridgehead atoms. The van der Waals surface area contributed by atoms with E-state index in [-0.39, 0.29) is 30.2 Å². The first-order valence-electron chi connectivity index (χ1n) is 15.0. The van der Waals surface area contributed by atoms with Crippen molar-refractivity contribution in [3.8, 4) is 5.75 Å². The van der Waals surface area contributed by atoms with Crippen LogP contribution in [0.25, 0.3) is 0 Å². The summed E-state index contributed by atoms with van der Waals surface area (Å²) in [5.41, 5.74) is 3.17. The van der Waals surface area contributed by atoms with Gasteiger partial charge in [0.1, 0.15) is 12.4 Å². The molecule has 1 amide bonds. The molecule has 1 unspecified atom stereocenters. The van der Waals surface area contributed by atoms with Crippen molar-refractivity contribution in [1.82, 2.24) is 4.72 Å². The maximum Gasteiger partial charge on any atom is 0.264 e. The van der Waals surface area contributed by atoms with E-state index in [1.165, 1.54) is 6.92 Å². The molecule has 1 fully saturated rings. The number of allylic oxidation sites excluding steroid dienone is 1. The number of amides is 1.